The molecule has 1 amide bonds. The van der Waals surface area contributed by atoms with E-state index in [9.17, 15) is 17.6 Å². The van der Waals surface area contributed by atoms with Gasteiger partial charge in [-0.05, 0) is 73.5 Å². The van der Waals surface area contributed by atoms with E-state index in [0.29, 0.717) is 18.5 Å². The number of hydrogen-bond donors (Lipinski definition) is 1. The van der Waals surface area contributed by atoms with Crippen molar-refractivity contribution in [2.75, 3.05) is 18.4 Å². The minimum Gasteiger partial charge on any atom is -0.326 e. The Hall–Kier alpha value is -3.14. The maximum Gasteiger partial charge on any atom is 0.243 e. The first-order valence-corrected chi connectivity index (χ1v) is 13.2. The Morgan fingerprint density at radius 2 is 1.65 bits per heavy atom. The molecule has 1 aliphatic heterocycles. The first-order chi connectivity index (χ1) is 16.4. The van der Waals surface area contributed by atoms with Crippen LogP contribution in [0, 0.1) is 11.7 Å². The summed E-state index contributed by atoms with van der Waals surface area (Å²) in [6.45, 7) is 0.489. The van der Waals surface area contributed by atoms with Gasteiger partial charge in [0.15, 0.2) is 0 Å². The number of halogens is 1. The van der Waals surface area contributed by atoms with Gasteiger partial charge in [-0.2, -0.15) is 4.31 Å². The van der Waals surface area contributed by atoms with E-state index < -0.39 is 15.8 Å². The Kier molecular flexibility index (Phi) is 6.16. The number of fused-ring (bicyclic) bond motifs is 1. The second-order valence-electron chi connectivity index (χ2n) is 8.19. The SMILES string of the molecule is O=C(Nc1ccc(-c2nc3ccccc3s2)cc1)C1CCN(S(=O)(=O)c2ccc(F)cc2)CC1. The fraction of sp³-hybridized carbons (Fsp3) is 0.200. The van der Waals surface area contributed by atoms with Crippen LogP contribution in [0.4, 0.5) is 10.1 Å². The first-order valence-electron chi connectivity index (χ1n) is 10.9. The van der Waals surface area contributed by atoms with Gasteiger partial charge in [-0.1, -0.05) is 12.1 Å². The van der Waals surface area contributed by atoms with E-state index >= 15 is 0 Å². The standard InChI is InChI=1S/C25H22FN3O3S2/c26-19-7-11-21(12-8-19)34(31,32)29-15-13-17(14-16-29)24(30)27-20-9-5-18(6-10-20)25-28-22-3-1-2-4-23(22)33-25/h1-12,17H,13-16H2,(H,27,30). The number of nitrogens with one attached hydrogen (secondary N) is 1. The van der Waals surface area contributed by atoms with Gasteiger partial charge in [0.2, 0.25) is 15.9 Å². The number of aromatic nitrogens is 1. The number of hydrogen-bond acceptors (Lipinski definition) is 5. The van der Waals surface area contributed by atoms with Crippen molar-refractivity contribution < 1.29 is 17.6 Å². The molecule has 0 radical (unpaired) electrons. The molecular weight excluding hydrogens is 473 g/mol. The number of amides is 1. The van der Waals surface area contributed by atoms with Crippen molar-refractivity contribution in [2.24, 2.45) is 5.92 Å². The van der Waals surface area contributed by atoms with Crippen LogP contribution < -0.4 is 5.32 Å². The summed E-state index contributed by atoms with van der Waals surface area (Å²) in [4.78, 5) is 17.5. The van der Waals surface area contributed by atoms with Crippen molar-refractivity contribution >= 4 is 43.2 Å². The zero-order chi connectivity index (χ0) is 23.7. The Labute approximate surface area is 201 Å². The second-order valence-corrected chi connectivity index (χ2v) is 11.2. The predicted molar refractivity (Wildman–Crippen MR) is 132 cm³/mol. The number of rotatable bonds is 5. The van der Waals surface area contributed by atoms with Gasteiger partial charge in [0.1, 0.15) is 10.8 Å². The highest BCUT2D eigenvalue weighted by molar-refractivity contribution is 7.89. The van der Waals surface area contributed by atoms with Crippen LogP contribution in [0.15, 0.2) is 77.7 Å². The number of carbonyl (C=O) groups is 1. The first kappa shape index (κ1) is 22.6. The van der Waals surface area contributed by atoms with Crippen molar-refractivity contribution in [1.82, 2.24) is 9.29 Å². The zero-order valence-corrected chi connectivity index (χ0v) is 19.8. The normalized spacial score (nSPS) is 15.4. The van der Waals surface area contributed by atoms with Gasteiger partial charge >= 0.3 is 0 Å². The molecule has 0 bridgehead atoms. The summed E-state index contributed by atoms with van der Waals surface area (Å²) in [5.41, 5.74) is 2.64. The molecule has 9 heteroatoms. The number of piperidine rings is 1. The number of thiazole rings is 1. The van der Waals surface area contributed by atoms with Crippen LogP contribution in [-0.4, -0.2) is 36.7 Å². The molecule has 1 saturated heterocycles. The minimum absolute atomic E-state index is 0.0602. The van der Waals surface area contributed by atoms with Crippen molar-refractivity contribution in [1.29, 1.82) is 0 Å². The van der Waals surface area contributed by atoms with E-state index in [1.165, 1.54) is 16.4 Å². The number of carbonyl (C=O) groups excluding carboxylic acids is 1. The van der Waals surface area contributed by atoms with Gasteiger partial charge in [-0.15, -0.1) is 11.3 Å². The summed E-state index contributed by atoms with van der Waals surface area (Å²) in [5, 5.41) is 3.87. The summed E-state index contributed by atoms with van der Waals surface area (Å²) >= 11 is 1.62. The van der Waals surface area contributed by atoms with Crippen LogP contribution in [0.3, 0.4) is 0 Å². The maximum absolute atomic E-state index is 13.1. The minimum atomic E-state index is -3.70. The molecule has 5 rings (SSSR count). The molecule has 0 spiro atoms. The van der Waals surface area contributed by atoms with Crippen molar-refractivity contribution in [3.05, 3.63) is 78.6 Å². The Morgan fingerprint density at radius 3 is 2.32 bits per heavy atom. The number of sulfonamides is 1. The Morgan fingerprint density at radius 1 is 0.971 bits per heavy atom. The van der Waals surface area contributed by atoms with Gasteiger partial charge < -0.3 is 5.32 Å². The number of para-hydroxylation sites is 1. The molecule has 174 valence electrons. The lowest BCUT2D eigenvalue weighted by Gasteiger charge is -2.30. The average Bonchev–Trinajstić information content (AvgIpc) is 3.29. The highest BCUT2D eigenvalue weighted by Gasteiger charge is 2.32. The summed E-state index contributed by atoms with van der Waals surface area (Å²) in [6, 6.07) is 20.4. The molecule has 6 nitrogen and oxygen atoms in total. The van der Waals surface area contributed by atoms with E-state index in [2.05, 4.69) is 10.3 Å². The number of nitrogens with zero attached hydrogens (tertiary/aromatic N) is 2. The predicted octanol–water partition coefficient (Wildman–Crippen LogP) is 5.14. The molecule has 1 aliphatic rings. The molecular formula is C25H22FN3O3S2. The molecule has 1 N–H and O–H groups in total. The monoisotopic (exact) mass is 495 g/mol. The van der Waals surface area contributed by atoms with Crippen LogP contribution in [0.2, 0.25) is 0 Å². The van der Waals surface area contributed by atoms with Crippen LogP contribution in [0.25, 0.3) is 20.8 Å². The summed E-state index contributed by atoms with van der Waals surface area (Å²) in [7, 11) is -3.70. The fourth-order valence-corrected chi connectivity index (χ4v) is 6.49. The highest BCUT2D eigenvalue weighted by Crippen LogP contribution is 2.31. The third kappa shape index (κ3) is 4.59. The van der Waals surface area contributed by atoms with Crippen LogP contribution >= 0.6 is 11.3 Å². The Bertz CT molecular complexity index is 1390. The zero-order valence-electron chi connectivity index (χ0n) is 18.1. The van der Waals surface area contributed by atoms with Gasteiger partial charge in [0.25, 0.3) is 0 Å². The molecule has 3 aromatic carbocycles. The van der Waals surface area contributed by atoms with Crippen LogP contribution in [0.5, 0.6) is 0 Å². The average molecular weight is 496 g/mol. The lowest BCUT2D eigenvalue weighted by Crippen LogP contribution is -2.41. The third-order valence-electron chi connectivity index (χ3n) is 5.97. The smallest absolute Gasteiger partial charge is 0.243 e. The van der Waals surface area contributed by atoms with E-state index in [-0.39, 0.29) is 29.8 Å². The van der Waals surface area contributed by atoms with Gasteiger partial charge in [0, 0.05) is 30.3 Å². The maximum atomic E-state index is 13.1. The molecule has 1 fully saturated rings. The molecule has 0 aliphatic carbocycles. The van der Waals surface area contributed by atoms with Gasteiger partial charge in [-0.3, -0.25) is 4.79 Å². The van der Waals surface area contributed by atoms with Gasteiger partial charge in [0.05, 0.1) is 15.1 Å². The third-order valence-corrected chi connectivity index (χ3v) is 8.97. The molecule has 0 saturated carbocycles. The summed E-state index contributed by atoms with van der Waals surface area (Å²) < 4.78 is 41.2. The van der Waals surface area contributed by atoms with E-state index in [1.54, 1.807) is 11.3 Å². The van der Waals surface area contributed by atoms with E-state index in [1.807, 2.05) is 48.5 Å². The van der Waals surface area contributed by atoms with Crippen molar-refractivity contribution in [3.8, 4) is 10.6 Å². The number of benzene rings is 3. The summed E-state index contributed by atoms with van der Waals surface area (Å²) in [5.74, 6) is -0.877. The fourth-order valence-electron chi connectivity index (χ4n) is 4.05. The number of anilines is 1. The largest absolute Gasteiger partial charge is 0.326 e. The summed E-state index contributed by atoms with van der Waals surface area (Å²) in [6.07, 6.45) is 0.853. The topological polar surface area (TPSA) is 79.4 Å². The van der Waals surface area contributed by atoms with Crippen LogP contribution in [-0.2, 0) is 14.8 Å². The lowest BCUT2D eigenvalue weighted by molar-refractivity contribution is -0.120. The Balaban J connectivity index is 1.19. The highest BCUT2D eigenvalue weighted by atomic mass is 32.2. The molecule has 0 unspecified atom stereocenters. The lowest BCUT2D eigenvalue weighted by atomic mass is 9.97. The molecule has 0 atom stereocenters. The van der Waals surface area contributed by atoms with Crippen molar-refractivity contribution in [3.63, 3.8) is 0 Å². The van der Waals surface area contributed by atoms with Gasteiger partial charge in [-0.25, -0.2) is 17.8 Å². The molecule has 2 heterocycles. The van der Waals surface area contributed by atoms with Crippen molar-refractivity contribution in [2.45, 2.75) is 17.7 Å². The van der Waals surface area contributed by atoms with E-state index in [0.717, 1.165) is 32.9 Å². The van der Waals surface area contributed by atoms with Crippen LogP contribution in [0.1, 0.15) is 12.8 Å². The molecule has 1 aromatic heterocycles. The molecule has 4 aromatic rings. The molecule has 34 heavy (non-hydrogen) atoms. The quantitative estimate of drug-likeness (QED) is 0.416. The second kappa shape index (κ2) is 9.25. The van der Waals surface area contributed by atoms with E-state index in [4.69, 9.17) is 0 Å².